The molecule has 3 aromatic carbocycles. The Kier molecular flexibility index (Phi) is 2.97. The molecular weight excluding hydrogens is 320 g/mol. The molecule has 3 aromatic rings. The Hall–Kier alpha value is -1.86. The molecule has 4 rings (SSSR count). The van der Waals surface area contributed by atoms with Gasteiger partial charge in [0.1, 0.15) is 0 Å². The highest BCUT2D eigenvalue weighted by atomic mass is 79.9. The average molecular weight is 335 g/mol. The van der Waals surface area contributed by atoms with Crippen LogP contribution in [0.1, 0.15) is 24.0 Å². The number of hydrogen-bond donors (Lipinski definition) is 0. The molecule has 0 saturated carbocycles. The van der Waals surface area contributed by atoms with Crippen LogP contribution in [0.2, 0.25) is 0 Å². The predicted molar refractivity (Wildman–Crippen MR) is 94.5 cm³/mol. The van der Waals surface area contributed by atoms with E-state index >= 15 is 0 Å². The fourth-order valence-corrected chi connectivity index (χ4v) is 3.79. The van der Waals surface area contributed by atoms with Gasteiger partial charge in [-0.25, -0.2) is 0 Å². The van der Waals surface area contributed by atoms with Crippen LogP contribution >= 0.6 is 15.9 Å². The van der Waals surface area contributed by atoms with Crippen LogP contribution in [0.3, 0.4) is 0 Å². The zero-order valence-corrected chi connectivity index (χ0v) is 13.4. The maximum atomic E-state index is 3.66. The Balaban J connectivity index is 2.07. The molecule has 0 fully saturated rings. The van der Waals surface area contributed by atoms with Crippen molar-refractivity contribution in [3.8, 4) is 11.1 Å². The zero-order valence-electron chi connectivity index (χ0n) is 11.8. The number of fused-ring (bicyclic) bond motifs is 2. The Morgan fingerprint density at radius 1 is 0.905 bits per heavy atom. The van der Waals surface area contributed by atoms with E-state index in [2.05, 4.69) is 89.6 Å². The highest BCUT2D eigenvalue weighted by Crippen LogP contribution is 2.41. The zero-order chi connectivity index (χ0) is 14.4. The lowest BCUT2D eigenvalue weighted by Crippen LogP contribution is -1.94. The smallest absolute Gasteiger partial charge is 0.0187 e. The largest absolute Gasteiger partial charge is 0.0766 e. The highest BCUT2D eigenvalue weighted by Gasteiger charge is 2.19. The van der Waals surface area contributed by atoms with Crippen molar-refractivity contribution in [3.05, 3.63) is 76.3 Å². The molecule has 0 radical (unpaired) electrons. The molecule has 0 aromatic heterocycles. The van der Waals surface area contributed by atoms with E-state index in [1.54, 1.807) is 0 Å². The van der Waals surface area contributed by atoms with Gasteiger partial charge in [0.2, 0.25) is 0 Å². The third kappa shape index (κ3) is 2.04. The van der Waals surface area contributed by atoms with Crippen molar-refractivity contribution in [2.24, 2.45) is 0 Å². The quantitative estimate of drug-likeness (QED) is 0.483. The Bertz CT molecular complexity index is 869. The Morgan fingerprint density at radius 3 is 2.62 bits per heavy atom. The van der Waals surface area contributed by atoms with E-state index in [1.807, 2.05) is 0 Å². The summed E-state index contributed by atoms with van der Waals surface area (Å²) in [6.07, 6.45) is 4.52. The van der Waals surface area contributed by atoms with E-state index in [-0.39, 0.29) is 0 Å². The number of benzene rings is 3. The van der Waals surface area contributed by atoms with Gasteiger partial charge in [-0.05, 0) is 45.2 Å². The minimum Gasteiger partial charge on any atom is -0.0766 e. The summed E-state index contributed by atoms with van der Waals surface area (Å²) in [5.41, 5.74) is 5.43. The third-order valence-electron chi connectivity index (χ3n) is 4.28. The van der Waals surface area contributed by atoms with Crippen molar-refractivity contribution in [3.63, 3.8) is 0 Å². The molecule has 1 aliphatic carbocycles. The van der Waals surface area contributed by atoms with E-state index < -0.39 is 0 Å². The van der Waals surface area contributed by atoms with Gasteiger partial charge in [0.15, 0.2) is 0 Å². The van der Waals surface area contributed by atoms with Gasteiger partial charge in [0.05, 0.1) is 0 Å². The molecule has 0 saturated heterocycles. The van der Waals surface area contributed by atoms with Crippen LogP contribution in [0.25, 0.3) is 28.0 Å². The van der Waals surface area contributed by atoms with Crippen molar-refractivity contribution < 1.29 is 0 Å². The van der Waals surface area contributed by atoms with E-state index in [1.165, 1.54) is 33.0 Å². The molecule has 0 heterocycles. The maximum absolute atomic E-state index is 3.66. The molecule has 0 aliphatic heterocycles. The van der Waals surface area contributed by atoms with Crippen molar-refractivity contribution >= 4 is 32.8 Å². The molecular formula is C20H15Br. The maximum Gasteiger partial charge on any atom is 0.0187 e. The van der Waals surface area contributed by atoms with Crippen LogP contribution in [0.15, 0.2) is 65.1 Å². The Labute approximate surface area is 133 Å². The minimum atomic E-state index is 0.474. The van der Waals surface area contributed by atoms with E-state index in [9.17, 15) is 0 Å². The highest BCUT2D eigenvalue weighted by molar-refractivity contribution is 9.10. The van der Waals surface area contributed by atoms with Crippen LogP contribution in [-0.4, -0.2) is 0 Å². The third-order valence-corrected chi connectivity index (χ3v) is 4.73. The normalized spacial score (nSPS) is 16.4. The molecule has 0 N–H and O–H groups in total. The molecule has 1 unspecified atom stereocenters. The second-order valence-corrected chi connectivity index (χ2v) is 6.55. The molecule has 0 bridgehead atoms. The topological polar surface area (TPSA) is 0 Å². The fourth-order valence-electron chi connectivity index (χ4n) is 3.31. The van der Waals surface area contributed by atoms with Crippen LogP contribution in [0.5, 0.6) is 0 Å². The van der Waals surface area contributed by atoms with Crippen LogP contribution < -0.4 is 0 Å². The van der Waals surface area contributed by atoms with Gasteiger partial charge in [0.25, 0.3) is 0 Å². The number of hydrogen-bond acceptors (Lipinski definition) is 0. The first-order valence-corrected chi connectivity index (χ1v) is 8.03. The van der Waals surface area contributed by atoms with Crippen LogP contribution in [0, 0.1) is 0 Å². The Morgan fingerprint density at radius 2 is 1.71 bits per heavy atom. The first-order chi connectivity index (χ1) is 10.2. The van der Waals surface area contributed by atoms with E-state index in [0.29, 0.717) is 5.92 Å². The summed E-state index contributed by atoms with van der Waals surface area (Å²) in [6, 6.07) is 19.6. The average Bonchev–Trinajstić information content (AvgIpc) is 2.87. The summed E-state index contributed by atoms with van der Waals surface area (Å²) in [5.74, 6) is 0.474. The van der Waals surface area contributed by atoms with Crippen molar-refractivity contribution in [1.82, 2.24) is 0 Å². The minimum absolute atomic E-state index is 0.474. The molecule has 1 atom stereocenters. The summed E-state index contributed by atoms with van der Waals surface area (Å²) in [6.45, 7) is 2.27. The molecule has 0 amide bonds. The standard InChI is InChI=1S/C20H15Br/c1-13-9-10-15-11-16(21)12-19(20(13)15)18-8-4-6-14-5-2-3-7-17(14)18/h2-13H,1H3. The lowest BCUT2D eigenvalue weighted by Gasteiger charge is -2.15. The van der Waals surface area contributed by atoms with E-state index in [0.717, 1.165) is 4.47 Å². The summed E-state index contributed by atoms with van der Waals surface area (Å²) in [7, 11) is 0. The van der Waals surface area contributed by atoms with Gasteiger partial charge in [-0.1, -0.05) is 77.5 Å². The van der Waals surface area contributed by atoms with Crippen molar-refractivity contribution in [1.29, 1.82) is 0 Å². The van der Waals surface area contributed by atoms with E-state index in [4.69, 9.17) is 0 Å². The monoisotopic (exact) mass is 334 g/mol. The SMILES string of the molecule is CC1C=Cc2cc(Br)cc(-c3cccc4ccccc34)c21. The van der Waals surface area contributed by atoms with Gasteiger partial charge < -0.3 is 0 Å². The summed E-state index contributed by atoms with van der Waals surface area (Å²) >= 11 is 3.66. The van der Waals surface area contributed by atoms with Gasteiger partial charge in [-0.2, -0.15) is 0 Å². The number of rotatable bonds is 1. The van der Waals surface area contributed by atoms with Crippen molar-refractivity contribution in [2.45, 2.75) is 12.8 Å². The summed E-state index contributed by atoms with van der Waals surface area (Å²) in [4.78, 5) is 0. The van der Waals surface area contributed by atoms with Crippen LogP contribution in [0.4, 0.5) is 0 Å². The first-order valence-electron chi connectivity index (χ1n) is 7.24. The molecule has 102 valence electrons. The molecule has 1 heteroatoms. The van der Waals surface area contributed by atoms with Crippen LogP contribution in [-0.2, 0) is 0 Å². The number of allylic oxidation sites excluding steroid dienone is 1. The number of halogens is 1. The predicted octanol–water partition coefficient (Wildman–Crippen LogP) is 6.40. The lowest BCUT2D eigenvalue weighted by atomic mass is 9.89. The van der Waals surface area contributed by atoms with Gasteiger partial charge in [0, 0.05) is 10.4 Å². The molecule has 0 spiro atoms. The second kappa shape index (κ2) is 4.85. The molecule has 21 heavy (non-hydrogen) atoms. The molecule has 0 nitrogen and oxygen atoms in total. The lowest BCUT2D eigenvalue weighted by molar-refractivity contribution is 0.992. The summed E-state index contributed by atoms with van der Waals surface area (Å²) in [5, 5.41) is 2.61. The second-order valence-electron chi connectivity index (χ2n) is 5.63. The fraction of sp³-hybridized carbons (Fsp3) is 0.100. The van der Waals surface area contributed by atoms with Gasteiger partial charge >= 0.3 is 0 Å². The van der Waals surface area contributed by atoms with Gasteiger partial charge in [-0.3, -0.25) is 0 Å². The summed E-state index contributed by atoms with van der Waals surface area (Å²) < 4.78 is 1.14. The first kappa shape index (κ1) is 12.8. The van der Waals surface area contributed by atoms with Gasteiger partial charge in [-0.15, -0.1) is 0 Å². The van der Waals surface area contributed by atoms with Crippen molar-refractivity contribution in [2.75, 3.05) is 0 Å². The molecule has 1 aliphatic rings.